The van der Waals surface area contributed by atoms with E-state index in [4.69, 9.17) is 4.74 Å². The van der Waals surface area contributed by atoms with Gasteiger partial charge in [-0.2, -0.15) is 0 Å². The molecule has 0 spiro atoms. The predicted octanol–water partition coefficient (Wildman–Crippen LogP) is 3.56. The van der Waals surface area contributed by atoms with E-state index in [9.17, 15) is 13.2 Å². The van der Waals surface area contributed by atoms with Gasteiger partial charge in [-0.1, -0.05) is 25.1 Å². The number of ether oxygens (including phenoxy) is 1. The monoisotopic (exact) mass is 390 g/mol. The Bertz CT molecular complexity index is 939. The first-order valence-electron chi connectivity index (χ1n) is 8.68. The molecule has 0 heterocycles. The Morgan fingerprint density at radius 1 is 1.11 bits per heavy atom. The lowest BCUT2D eigenvalue weighted by molar-refractivity contribution is 0.0935. The highest BCUT2D eigenvalue weighted by Crippen LogP contribution is 2.25. The molecule has 2 aromatic carbocycles. The van der Waals surface area contributed by atoms with Gasteiger partial charge in [-0.15, -0.1) is 0 Å². The van der Waals surface area contributed by atoms with Crippen LogP contribution in [0, 0.1) is 13.8 Å². The van der Waals surface area contributed by atoms with Crippen LogP contribution < -0.4 is 14.8 Å². The summed E-state index contributed by atoms with van der Waals surface area (Å²) in [6.07, 6.45) is 1.80. The predicted molar refractivity (Wildman–Crippen MR) is 108 cm³/mol. The van der Waals surface area contributed by atoms with Crippen LogP contribution in [0.15, 0.2) is 36.4 Å². The summed E-state index contributed by atoms with van der Waals surface area (Å²) in [7, 11) is -1.79. The lowest BCUT2D eigenvalue weighted by Crippen LogP contribution is -2.28. The van der Waals surface area contributed by atoms with Crippen LogP contribution in [0.2, 0.25) is 0 Å². The summed E-state index contributed by atoms with van der Waals surface area (Å²) < 4.78 is 30.7. The number of rotatable bonds is 7. The average molecular weight is 391 g/mol. The zero-order valence-electron chi connectivity index (χ0n) is 16.3. The van der Waals surface area contributed by atoms with Crippen LogP contribution in [-0.2, 0) is 10.0 Å². The van der Waals surface area contributed by atoms with Crippen molar-refractivity contribution >= 4 is 21.6 Å². The maximum absolute atomic E-state index is 12.7. The number of amides is 1. The molecule has 0 saturated heterocycles. The SMILES string of the molecule is CC[C@H](NC(=O)c1ccc(C)c(NS(C)(=O)=O)c1)c1ccc(OC)c(C)c1. The topological polar surface area (TPSA) is 84.5 Å². The third-order valence-electron chi connectivity index (χ3n) is 4.33. The molecule has 0 unspecified atom stereocenters. The van der Waals surface area contributed by atoms with Crippen molar-refractivity contribution in [1.82, 2.24) is 5.32 Å². The van der Waals surface area contributed by atoms with E-state index in [0.29, 0.717) is 11.3 Å². The second kappa shape index (κ2) is 8.43. The van der Waals surface area contributed by atoms with Crippen LogP contribution in [0.25, 0.3) is 0 Å². The minimum atomic E-state index is -3.42. The van der Waals surface area contributed by atoms with Gasteiger partial charge >= 0.3 is 0 Å². The Balaban J connectivity index is 2.24. The molecule has 1 amide bonds. The highest BCUT2D eigenvalue weighted by atomic mass is 32.2. The second-order valence-corrected chi connectivity index (χ2v) is 8.32. The number of nitrogens with one attached hydrogen (secondary N) is 2. The van der Waals surface area contributed by atoms with E-state index in [2.05, 4.69) is 10.0 Å². The molecule has 146 valence electrons. The van der Waals surface area contributed by atoms with E-state index in [1.165, 1.54) is 0 Å². The Morgan fingerprint density at radius 2 is 1.81 bits per heavy atom. The number of carbonyl (C=O) groups is 1. The summed E-state index contributed by atoms with van der Waals surface area (Å²) in [4.78, 5) is 12.7. The number of hydrogen-bond acceptors (Lipinski definition) is 4. The van der Waals surface area contributed by atoms with E-state index in [1.807, 2.05) is 32.0 Å². The van der Waals surface area contributed by atoms with Crippen molar-refractivity contribution in [1.29, 1.82) is 0 Å². The molecular formula is C20H26N2O4S. The van der Waals surface area contributed by atoms with Gasteiger partial charge in [-0.25, -0.2) is 8.42 Å². The number of aryl methyl sites for hydroxylation is 2. The average Bonchev–Trinajstić information content (AvgIpc) is 2.60. The van der Waals surface area contributed by atoms with Crippen molar-refractivity contribution in [3.8, 4) is 5.75 Å². The number of methoxy groups -OCH3 is 1. The maximum atomic E-state index is 12.7. The molecule has 0 radical (unpaired) electrons. The van der Waals surface area contributed by atoms with Gasteiger partial charge in [0.2, 0.25) is 10.0 Å². The molecule has 0 aliphatic carbocycles. The van der Waals surface area contributed by atoms with Crippen molar-refractivity contribution in [2.75, 3.05) is 18.1 Å². The molecule has 2 rings (SSSR count). The molecule has 0 bridgehead atoms. The molecule has 2 aromatic rings. The zero-order valence-corrected chi connectivity index (χ0v) is 17.1. The van der Waals surface area contributed by atoms with E-state index in [-0.39, 0.29) is 11.9 Å². The fraction of sp³-hybridized carbons (Fsp3) is 0.350. The van der Waals surface area contributed by atoms with Crippen LogP contribution in [-0.4, -0.2) is 27.7 Å². The lowest BCUT2D eigenvalue weighted by atomic mass is 10.0. The minimum absolute atomic E-state index is 0.158. The van der Waals surface area contributed by atoms with Crippen LogP contribution in [0.5, 0.6) is 5.75 Å². The Labute approximate surface area is 161 Å². The molecule has 0 aliphatic rings. The van der Waals surface area contributed by atoms with Crippen LogP contribution >= 0.6 is 0 Å². The third kappa shape index (κ3) is 5.47. The van der Waals surface area contributed by atoms with Crippen molar-refractivity contribution in [3.05, 3.63) is 58.7 Å². The van der Waals surface area contributed by atoms with Crippen molar-refractivity contribution < 1.29 is 17.9 Å². The van der Waals surface area contributed by atoms with E-state index in [1.54, 1.807) is 32.2 Å². The smallest absolute Gasteiger partial charge is 0.251 e. The van der Waals surface area contributed by atoms with Gasteiger partial charge in [0.1, 0.15) is 5.75 Å². The van der Waals surface area contributed by atoms with E-state index < -0.39 is 10.0 Å². The number of sulfonamides is 1. The molecule has 1 atom stereocenters. The van der Waals surface area contributed by atoms with Gasteiger partial charge in [-0.05, 0) is 55.2 Å². The van der Waals surface area contributed by atoms with Gasteiger partial charge in [0.25, 0.3) is 5.91 Å². The first-order chi connectivity index (χ1) is 12.6. The van der Waals surface area contributed by atoms with Crippen LogP contribution in [0.1, 0.15) is 46.4 Å². The lowest BCUT2D eigenvalue weighted by Gasteiger charge is -2.19. The first kappa shape index (κ1) is 20.8. The fourth-order valence-electron chi connectivity index (χ4n) is 2.85. The molecule has 0 aliphatic heterocycles. The van der Waals surface area contributed by atoms with E-state index >= 15 is 0 Å². The second-order valence-electron chi connectivity index (χ2n) is 6.57. The molecule has 0 aromatic heterocycles. The highest BCUT2D eigenvalue weighted by Gasteiger charge is 2.16. The van der Waals surface area contributed by atoms with Crippen molar-refractivity contribution in [2.24, 2.45) is 0 Å². The summed E-state index contributed by atoms with van der Waals surface area (Å²) in [5, 5.41) is 3.02. The minimum Gasteiger partial charge on any atom is -0.496 e. The quantitative estimate of drug-likeness (QED) is 0.757. The van der Waals surface area contributed by atoms with Crippen LogP contribution in [0.4, 0.5) is 5.69 Å². The van der Waals surface area contributed by atoms with Gasteiger partial charge < -0.3 is 10.1 Å². The molecular weight excluding hydrogens is 364 g/mol. The summed E-state index contributed by atoms with van der Waals surface area (Å²) in [6.45, 7) is 5.74. The fourth-order valence-corrected chi connectivity index (χ4v) is 3.47. The Kier molecular flexibility index (Phi) is 6.49. The summed E-state index contributed by atoms with van der Waals surface area (Å²) in [5.74, 6) is 0.543. The molecule has 0 fully saturated rings. The molecule has 6 nitrogen and oxygen atoms in total. The molecule has 7 heteroatoms. The number of benzene rings is 2. The summed E-state index contributed by atoms with van der Waals surface area (Å²) in [5.41, 5.74) is 3.53. The summed E-state index contributed by atoms with van der Waals surface area (Å²) in [6, 6.07) is 10.6. The number of hydrogen-bond donors (Lipinski definition) is 2. The van der Waals surface area contributed by atoms with Crippen molar-refractivity contribution in [3.63, 3.8) is 0 Å². The van der Waals surface area contributed by atoms with Gasteiger partial charge in [0.15, 0.2) is 0 Å². The third-order valence-corrected chi connectivity index (χ3v) is 4.92. The summed E-state index contributed by atoms with van der Waals surface area (Å²) >= 11 is 0. The van der Waals surface area contributed by atoms with E-state index in [0.717, 1.165) is 35.1 Å². The molecule has 0 saturated carbocycles. The zero-order chi connectivity index (χ0) is 20.2. The van der Waals surface area contributed by atoms with Crippen LogP contribution in [0.3, 0.4) is 0 Å². The Morgan fingerprint density at radius 3 is 2.37 bits per heavy atom. The first-order valence-corrected chi connectivity index (χ1v) is 10.6. The molecule has 27 heavy (non-hydrogen) atoms. The Hall–Kier alpha value is -2.54. The van der Waals surface area contributed by atoms with Gasteiger partial charge in [-0.3, -0.25) is 9.52 Å². The number of anilines is 1. The maximum Gasteiger partial charge on any atom is 0.251 e. The normalized spacial score (nSPS) is 12.3. The van der Waals surface area contributed by atoms with Crippen molar-refractivity contribution in [2.45, 2.75) is 33.2 Å². The van der Waals surface area contributed by atoms with Gasteiger partial charge in [0.05, 0.1) is 25.1 Å². The number of carbonyl (C=O) groups excluding carboxylic acids is 1. The largest absolute Gasteiger partial charge is 0.496 e. The molecule has 2 N–H and O–H groups in total. The standard InChI is InChI=1S/C20H26N2O4S/c1-6-17(15-9-10-19(26-4)14(3)11-15)21-20(23)16-8-7-13(2)18(12-16)22-27(5,24)25/h7-12,17,22H,6H2,1-5H3,(H,21,23)/t17-/m0/s1. The van der Waals surface area contributed by atoms with Gasteiger partial charge in [0, 0.05) is 5.56 Å². The highest BCUT2D eigenvalue weighted by molar-refractivity contribution is 7.92.